The number of hydrogen-bond acceptors (Lipinski definition) is 6. The first-order chi connectivity index (χ1) is 12.2. The highest BCUT2D eigenvalue weighted by Gasteiger charge is 2.14. The number of pyridine rings is 1. The summed E-state index contributed by atoms with van der Waals surface area (Å²) in [6.45, 7) is 0. The molecule has 0 saturated carbocycles. The number of rotatable bonds is 4. The van der Waals surface area contributed by atoms with E-state index >= 15 is 0 Å². The summed E-state index contributed by atoms with van der Waals surface area (Å²) < 4.78 is 14.7. The van der Waals surface area contributed by atoms with Gasteiger partial charge in [0.25, 0.3) is 5.91 Å². The van der Waals surface area contributed by atoms with Crippen molar-refractivity contribution in [1.29, 1.82) is 0 Å². The Bertz CT molecular complexity index is 1060. The Morgan fingerprint density at radius 3 is 2.96 bits per heavy atom. The van der Waals surface area contributed by atoms with Crippen LogP contribution in [0.4, 0.5) is 9.52 Å². The van der Waals surface area contributed by atoms with Crippen molar-refractivity contribution in [2.45, 2.75) is 6.42 Å². The minimum absolute atomic E-state index is 0.295. The average molecular weight is 354 g/mol. The van der Waals surface area contributed by atoms with Gasteiger partial charge in [-0.05, 0) is 29.8 Å². The van der Waals surface area contributed by atoms with E-state index in [-0.39, 0.29) is 11.7 Å². The molecule has 0 fully saturated rings. The number of nitrogens with one attached hydrogen (secondary N) is 1. The zero-order valence-electron chi connectivity index (χ0n) is 12.8. The molecule has 9 heteroatoms. The number of nitrogens with zero attached hydrogens (tertiary/aromatic N) is 5. The lowest BCUT2D eigenvalue weighted by Crippen LogP contribution is -2.16. The highest BCUT2D eigenvalue weighted by atomic mass is 32.1. The molecule has 0 saturated heterocycles. The number of benzene rings is 1. The van der Waals surface area contributed by atoms with Crippen LogP contribution in [-0.4, -0.2) is 30.7 Å². The average Bonchev–Trinajstić information content (AvgIpc) is 3.23. The van der Waals surface area contributed by atoms with E-state index < -0.39 is 0 Å². The van der Waals surface area contributed by atoms with E-state index in [2.05, 4.69) is 25.6 Å². The molecule has 3 aromatic heterocycles. The third kappa shape index (κ3) is 3.22. The van der Waals surface area contributed by atoms with Gasteiger partial charge in [-0.25, -0.2) is 13.9 Å². The first-order valence-corrected chi connectivity index (χ1v) is 8.17. The second-order valence-electron chi connectivity index (χ2n) is 5.20. The Labute approximate surface area is 145 Å². The van der Waals surface area contributed by atoms with Crippen LogP contribution in [0.1, 0.15) is 21.1 Å². The fourth-order valence-corrected chi connectivity index (χ4v) is 3.14. The van der Waals surface area contributed by atoms with Crippen LogP contribution in [-0.2, 0) is 6.42 Å². The number of amides is 1. The van der Waals surface area contributed by atoms with E-state index in [1.807, 2.05) is 6.07 Å². The minimum Gasteiger partial charge on any atom is -0.295 e. The number of halogens is 1. The highest BCUT2D eigenvalue weighted by molar-refractivity contribution is 7.15. The monoisotopic (exact) mass is 354 g/mol. The topological polar surface area (TPSA) is 85.1 Å². The summed E-state index contributed by atoms with van der Waals surface area (Å²) in [5.74, 6) is -0.652. The van der Waals surface area contributed by atoms with Gasteiger partial charge >= 0.3 is 0 Å². The third-order valence-electron chi connectivity index (χ3n) is 3.47. The van der Waals surface area contributed by atoms with Crippen LogP contribution in [0, 0.1) is 5.82 Å². The Kier molecular flexibility index (Phi) is 3.90. The largest absolute Gasteiger partial charge is 0.295 e. The maximum Gasteiger partial charge on any atom is 0.276 e. The van der Waals surface area contributed by atoms with E-state index in [0.717, 1.165) is 5.56 Å². The lowest BCUT2D eigenvalue weighted by molar-refractivity contribution is 0.102. The van der Waals surface area contributed by atoms with Gasteiger partial charge in [0.05, 0.1) is 0 Å². The number of carbonyl (C=O) groups excluding carboxylic acids is 1. The van der Waals surface area contributed by atoms with Gasteiger partial charge in [0.1, 0.15) is 22.8 Å². The third-order valence-corrected chi connectivity index (χ3v) is 4.30. The number of aromatic nitrogens is 5. The van der Waals surface area contributed by atoms with Crippen LogP contribution < -0.4 is 5.32 Å². The first-order valence-electron chi connectivity index (χ1n) is 7.36. The van der Waals surface area contributed by atoms with Gasteiger partial charge in [0.2, 0.25) is 5.13 Å². The second-order valence-corrected chi connectivity index (χ2v) is 6.26. The van der Waals surface area contributed by atoms with Gasteiger partial charge in [0.15, 0.2) is 5.65 Å². The first kappa shape index (κ1) is 15.3. The minimum atomic E-state index is -0.357. The van der Waals surface area contributed by atoms with Crippen LogP contribution in [0.15, 0.2) is 48.8 Å². The molecular weight excluding hydrogens is 343 g/mol. The number of anilines is 1. The number of carbonyl (C=O) groups is 1. The second kappa shape index (κ2) is 6.36. The van der Waals surface area contributed by atoms with Crippen LogP contribution >= 0.6 is 11.3 Å². The molecule has 0 atom stereocenters. The smallest absolute Gasteiger partial charge is 0.276 e. The normalized spacial score (nSPS) is 10.9. The Balaban J connectivity index is 1.51. The van der Waals surface area contributed by atoms with Gasteiger partial charge < -0.3 is 0 Å². The lowest BCUT2D eigenvalue weighted by Gasteiger charge is -2.02. The molecule has 1 aromatic carbocycles. The SMILES string of the molecule is O=C(Nc1nnc(Cc2cccc(F)c2)s1)c1cccc2ncnn12. The molecule has 0 aliphatic heterocycles. The molecule has 0 spiro atoms. The fraction of sp³-hybridized carbons (Fsp3) is 0.0625. The molecule has 124 valence electrons. The molecule has 1 amide bonds. The molecule has 4 rings (SSSR count). The van der Waals surface area contributed by atoms with Crippen molar-refractivity contribution in [3.8, 4) is 0 Å². The predicted octanol–water partition coefficient (Wildman–Crippen LogP) is 2.56. The summed E-state index contributed by atoms with van der Waals surface area (Å²) in [6, 6.07) is 11.4. The van der Waals surface area contributed by atoms with E-state index in [9.17, 15) is 9.18 Å². The summed E-state index contributed by atoms with van der Waals surface area (Å²) in [6.07, 6.45) is 1.83. The zero-order valence-corrected chi connectivity index (χ0v) is 13.6. The van der Waals surface area contributed by atoms with E-state index in [1.165, 1.54) is 34.3 Å². The number of fused-ring (bicyclic) bond motifs is 1. The summed E-state index contributed by atoms with van der Waals surface area (Å²) in [5.41, 5.74) is 1.72. The zero-order chi connectivity index (χ0) is 17.2. The van der Waals surface area contributed by atoms with Crippen LogP contribution in [0.3, 0.4) is 0 Å². The van der Waals surface area contributed by atoms with Crippen molar-refractivity contribution in [3.63, 3.8) is 0 Å². The molecule has 25 heavy (non-hydrogen) atoms. The molecule has 0 aliphatic carbocycles. The molecule has 0 bridgehead atoms. The molecule has 0 radical (unpaired) electrons. The number of hydrogen-bond donors (Lipinski definition) is 1. The van der Waals surface area contributed by atoms with Crippen molar-refractivity contribution in [1.82, 2.24) is 24.8 Å². The van der Waals surface area contributed by atoms with E-state index in [1.54, 1.807) is 24.3 Å². The van der Waals surface area contributed by atoms with E-state index in [0.29, 0.717) is 27.9 Å². The molecule has 0 aliphatic rings. The van der Waals surface area contributed by atoms with Gasteiger partial charge in [-0.1, -0.05) is 29.5 Å². The molecule has 1 N–H and O–H groups in total. The summed E-state index contributed by atoms with van der Waals surface area (Å²) in [7, 11) is 0. The predicted molar refractivity (Wildman–Crippen MR) is 90.1 cm³/mol. The highest BCUT2D eigenvalue weighted by Crippen LogP contribution is 2.19. The Morgan fingerprint density at radius 2 is 2.08 bits per heavy atom. The standard InChI is InChI=1S/C16H11FN6OS/c17-11-4-1-3-10(7-11)8-14-21-22-16(25-14)20-15(24)12-5-2-6-13-18-9-19-23(12)13/h1-7,9H,8H2,(H,20,22,24). The van der Waals surface area contributed by atoms with Gasteiger partial charge in [-0.15, -0.1) is 10.2 Å². The van der Waals surface area contributed by atoms with Gasteiger partial charge in [-0.3, -0.25) is 10.1 Å². The van der Waals surface area contributed by atoms with Gasteiger partial charge in [0, 0.05) is 6.42 Å². The van der Waals surface area contributed by atoms with E-state index in [4.69, 9.17) is 0 Å². The quantitative estimate of drug-likeness (QED) is 0.609. The molecule has 0 unspecified atom stereocenters. The fourth-order valence-electron chi connectivity index (χ4n) is 2.38. The molecule has 7 nitrogen and oxygen atoms in total. The van der Waals surface area contributed by atoms with Crippen molar-refractivity contribution >= 4 is 28.0 Å². The maximum absolute atomic E-state index is 13.2. The van der Waals surface area contributed by atoms with Crippen LogP contribution in [0.2, 0.25) is 0 Å². The molecule has 4 aromatic rings. The van der Waals surface area contributed by atoms with Crippen molar-refractivity contribution in [3.05, 3.63) is 70.9 Å². The van der Waals surface area contributed by atoms with Gasteiger partial charge in [-0.2, -0.15) is 5.10 Å². The Morgan fingerprint density at radius 1 is 1.20 bits per heavy atom. The van der Waals surface area contributed by atoms with Crippen LogP contribution in [0.5, 0.6) is 0 Å². The molecule has 3 heterocycles. The lowest BCUT2D eigenvalue weighted by atomic mass is 10.1. The Hall–Kier alpha value is -3.20. The molecular formula is C16H11FN6OS. The van der Waals surface area contributed by atoms with Crippen LogP contribution in [0.25, 0.3) is 5.65 Å². The summed E-state index contributed by atoms with van der Waals surface area (Å²) in [4.78, 5) is 16.5. The maximum atomic E-state index is 13.2. The summed E-state index contributed by atoms with van der Waals surface area (Å²) >= 11 is 1.24. The van der Waals surface area contributed by atoms with Crippen molar-refractivity contribution in [2.75, 3.05) is 5.32 Å². The summed E-state index contributed by atoms with van der Waals surface area (Å²) in [5, 5.41) is 15.8. The van der Waals surface area contributed by atoms with Crippen molar-refractivity contribution < 1.29 is 9.18 Å². The van der Waals surface area contributed by atoms with Crippen molar-refractivity contribution in [2.24, 2.45) is 0 Å².